The number of methoxy groups -OCH3 is 1. The molecule has 0 aliphatic carbocycles. The Balaban J connectivity index is 2.29. The Bertz CT molecular complexity index is 610. The van der Waals surface area contributed by atoms with Crippen molar-refractivity contribution in [2.75, 3.05) is 19.0 Å². The van der Waals surface area contributed by atoms with Crippen LogP contribution in [0.25, 0.3) is 0 Å². The molecule has 0 bridgehead atoms. The van der Waals surface area contributed by atoms with E-state index in [4.69, 9.17) is 9.47 Å². The predicted molar refractivity (Wildman–Crippen MR) is 79.1 cm³/mol. The molecule has 20 heavy (non-hydrogen) atoms. The highest BCUT2D eigenvalue weighted by molar-refractivity contribution is 7.14. The van der Waals surface area contributed by atoms with Gasteiger partial charge in [0.15, 0.2) is 5.69 Å². The molecule has 1 aromatic heterocycles. The number of carbonyl (C=O) groups excluding carboxylic acids is 1. The molecular weight excluding hydrogens is 276 g/mol. The van der Waals surface area contributed by atoms with E-state index in [1.54, 1.807) is 19.5 Å². The minimum atomic E-state index is -0.428. The molecular formula is C14H16N2O3S. The molecule has 0 radical (unpaired) electrons. The average Bonchev–Trinajstić information content (AvgIpc) is 2.87. The van der Waals surface area contributed by atoms with Gasteiger partial charge in [0, 0.05) is 0 Å². The third kappa shape index (κ3) is 3.08. The van der Waals surface area contributed by atoms with E-state index in [0.717, 1.165) is 11.3 Å². The van der Waals surface area contributed by atoms with Gasteiger partial charge in [-0.3, -0.25) is 0 Å². The number of nitrogens with one attached hydrogen (secondary N) is 1. The average molecular weight is 292 g/mol. The summed E-state index contributed by atoms with van der Waals surface area (Å²) in [6.45, 7) is 4.08. The van der Waals surface area contributed by atoms with Crippen LogP contribution in [0.3, 0.4) is 0 Å². The van der Waals surface area contributed by atoms with Crippen LogP contribution in [-0.4, -0.2) is 24.7 Å². The number of anilines is 2. The van der Waals surface area contributed by atoms with Gasteiger partial charge in [0.05, 0.1) is 24.9 Å². The van der Waals surface area contributed by atoms with Crippen LogP contribution in [0.4, 0.5) is 10.7 Å². The summed E-state index contributed by atoms with van der Waals surface area (Å²) < 4.78 is 10.3. The van der Waals surface area contributed by atoms with Crippen LogP contribution in [0.15, 0.2) is 23.7 Å². The van der Waals surface area contributed by atoms with Gasteiger partial charge in [0.2, 0.25) is 0 Å². The maximum atomic E-state index is 11.8. The molecule has 1 heterocycles. The summed E-state index contributed by atoms with van der Waals surface area (Å²) in [6, 6.07) is 5.79. The third-order valence-corrected chi connectivity index (χ3v) is 3.38. The number of hydrogen-bond acceptors (Lipinski definition) is 6. The third-order valence-electron chi connectivity index (χ3n) is 2.64. The van der Waals surface area contributed by atoms with Gasteiger partial charge in [0.25, 0.3) is 0 Å². The molecule has 0 atom stereocenters. The Morgan fingerprint density at radius 1 is 1.45 bits per heavy atom. The van der Waals surface area contributed by atoms with Crippen molar-refractivity contribution in [1.82, 2.24) is 4.98 Å². The molecule has 1 aromatic carbocycles. The highest BCUT2D eigenvalue weighted by Crippen LogP contribution is 2.32. The largest absolute Gasteiger partial charge is 0.495 e. The summed E-state index contributed by atoms with van der Waals surface area (Å²) >= 11 is 1.35. The van der Waals surface area contributed by atoms with Crippen molar-refractivity contribution in [2.24, 2.45) is 0 Å². The quantitative estimate of drug-likeness (QED) is 0.856. The Hall–Kier alpha value is -2.08. The van der Waals surface area contributed by atoms with Crippen molar-refractivity contribution in [3.05, 3.63) is 35.0 Å². The predicted octanol–water partition coefficient (Wildman–Crippen LogP) is 3.38. The molecule has 0 unspecified atom stereocenters. The molecule has 5 nitrogen and oxygen atoms in total. The van der Waals surface area contributed by atoms with Gasteiger partial charge in [-0.15, -0.1) is 11.3 Å². The fraction of sp³-hybridized carbons (Fsp3) is 0.286. The molecule has 0 spiro atoms. The maximum absolute atomic E-state index is 11.8. The Morgan fingerprint density at radius 3 is 2.95 bits per heavy atom. The van der Waals surface area contributed by atoms with Crippen molar-refractivity contribution in [1.29, 1.82) is 0 Å². The maximum Gasteiger partial charge on any atom is 0.360 e. The number of aromatic nitrogens is 1. The van der Waals surface area contributed by atoms with Crippen LogP contribution in [0.5, 0.6) is 5.75 Å². The SMILES string of the molecule is CCOC(=O)c1ncsc1Nc1cc(C)ccc1OC. The van der Waals surface area contributed by atoms with Crippen LogP contribution in [0.2, 0.25) is 0 Å². The van der Waals surface area contributed by atoms with E-state index >= 15 is 0 Å². The molecule has 0 aliphatic rings. The number of ether oxygens (including phenoxy) is 2. The van der Waals surface area contributed by atoms with E-state index in [1.807, 2.05) is 25.1 Å². The lowest BCUT2D eigenvalue weighted by molar-refractivity contribution is 0.0521. The van der Waals surface area contributed by atoms with E-state index < -0.39 is 5.97 Å². The molecule has 2 aromatic rings. The lowest BCUT2D eigenvalue weighted by Crippen LogP contribution is -2.07. The van der Waals surface area contributed by atoms with Gasteiger partial charge in [-0.05, 0) is 31.5 Å². The lowest BCUT2D eigenvalue weighted by Gasteiger charge is -2.11. The lowest BCUT2D eigenvalue weighted by atomic mass is 10.2. The first-order valence-electron chi connectivity index (χ1n) is 6.18. The second-order valence-electron chi connectivity index (χ2n) is 4.08. The van der Waals surface area contributed by atoms with Gasteiger partial charge >= 0.3 is 5.97 Å². The number of carbonyl (C=O) groups is 1. The number of rotatable bonds is 5. The first kappa shape index (κ1) is 14.3. The number of nitrogens with zero attached hydrogens (tertiary/aromatic N) is 1. The van der Waals surface area contributed by atoms with Crippen molar-refractivity contribution in [2.45, 2.75) is 13.8 Å². The van der Waals surface area contributed by atoms with E-state index in [1.165, 1.54) is 11.3 Å². The molecule has 6 heteroatoms. The molecule has 0 fully saturated rings. The van der Waals surface area contributed by atoms with Gasteiger partial charge in [0.1, 0.15) is 10.8 Å². The van der Waals surface area contributed by atoms with E-state index in [9.17, 15) is 4.79 Å². The molecule has 0 amide bonds. The number of hydrogen-bond donors (Lipinski definition) is 1. The van der Waals surface area contributed by atoms with Crippen LogP contribution >= 0.6 is 11.3 Å². The molecule has 106 valence electrons. The van der Waals surface area contributed by atoms with Crippen LogP contribution in [-0.2, 0) is 4.74 Å². The van der Waals surface area contributed by atoms with Crippen molar-refractivity contribution < 1.29 is 14.3 Å². The summed E-state index contributed by atoms with van der Waals surface area (Å²) in [6.07, 6.45) is 0. The molecule has 1 N–H and O–H groups in total. The smallest absolute Gasteiger partial charge is 0.360 e. The minimum Gasteiger partial charge on any atom is -0.495 e. The zero-order valence-electron chi connectivity index (χ0n) is 11.6. The normalized spacial score (nSPS) is 10.2. The van der Waals surface area contributed by atoms with Crippen molar-refractivity contribution in [3.8, 4) is 5.75 Å². The molecule has 2 rings (SSSR count). The Kier molecular flexibility index (Phi) is 4.57. The second-order valence-corrected chi connectivity index (χ2v) is 4.93. The molecule has 0 saturated carbocycles. The number of aryl methyl sites for hydroxylation is 1. The van der Waals surface area contributed by atoms with Crippen LogP contribution in [0.1, 0.15) is 23.0 Å². The van der Waals surface area contributed by atoms with Gasteiger partial charge in [-0.1, -0.05) is 6.07 Å². The highest BCUT2D eigenvalue weighted by Gasteiger charge is 2.17. The van der Waals surface area contributed by atoms with Gasteiger partial charge in [-0.25, -0.2) is 9.78 Å². The summed E-state index contributed by atoms with van der Waals surface area (Å²) in [5, 5.41) is 3.83. The monoisotopic (exact) mass is 292 g/mol. The first-order valence-corrected chi connectivity index (χ1v) is 7.06. The minimum absolute atomic E-state index is 0.292. The summed E-state index contributed by atoms with van der Waals surface area (Å²) in [5.74, 6) is 0.279. The Morgan fingerprint density at radius 2 is 2.25 bits per heavy atom. The second kappa shape index (κ2) is 6.38. The first-order chi connectivity index (χ1) is 9.65. The van der Waals surface area contributed by atoms with E-state index in [0.29, 0.717) is 23.1 Å². The highest BCUT2D eigenvalue weighted by atomic mass is 32.1. The van der Waals surface area contributed by atoms with Crippen molar-refractivity contribution >= 4 is 28.0 Å². The zero-order chi connectivity index (χ0) is 14.5. The van der Waals surface area contributed by atoms with Gasteiger partial charge in [-0.2, -0.15) is 0 Å². The van der Waals surface area contributed by atoms with E-state index in [2.05, 4.69) is 10.3 Å². The van der Waals surface area contributed by atoms with E-state index in [-0.39, 0.29) is 0 Å². The number of benzene rings is 1. The van der Waals surface area contributed by atoms with Crippen LogP contribution < -0.4 is 10.1 Å². The fourth-order valence-corrected chi connectivity index (χ4v) is 2.40. The molecule has 0 aliphatic heterocycles. The summed E-state index contributed by atoms with van der Waals surface area (Å²) in [4.78, 5) is 15.8. The van der Waals surface area contributed by atoms with Crippen molar-refractivity contribution in [3.63, 3.8) is 0 Å². The zero-order valence-corrected chi connectivity index (χ0v) is 12.4. The summed E-state index contributed by atoms with van der Waals surface area (Å²) in [5.41, 5.74) is 3.79. The standard InChI is InChI=1S/C14H16N2O3S/c1-4-19-14(17)12-13(20-8-15-12)16-10-7-9(2)5-6-11(10)18-3/h5-8,16H,4H2,1-3H3. The topological polar surface area (TPSA) is 60.5 Å². The fourth-order valence-electron chi connectivity index (χ4n) is 1.72. The number of esters is 1. The molecule has 0 saturated heterocycles. The Labute approximate surface area is 121 Å². The number of thiazole rings is 1. The van der Waals surface area contributed by atoms with Crippen LogP contribution in [0, 0.1) is 6.92 Å². The van der Waals surface area contributed by atoms with Gasteiger partial charge < -0.3 is 14.8 Å². The summed E-state index contributed by atoms with van der Waals surface area (Å²) in [7, 11) is 1.61.